The van der Waals surface area contributed by atoms with Crippen molar-refractivity contribution >= 4 is 17.2 Å². The van der Waals surface area contributed by atoms with Crippen LogP contribution in [0.2, 0.25) is 0 Å². The maximum absolute atomic E-state index is 12.1. The fourth-order valence-corrected chi connectivity index (χ4v) is 2.87. The first-order valence-electron chi connectivity index (χ1n) is 6.43. The highest BCUT2D eigenvalue weighted by Crippen LogP contribution is 2.24. The van der Waals surface area contributed by atoms with E-state index in [9.17, 15) is 4.79 Å². The number of hydrogen-bond acceptors (Lipinski definition) is 3. The van der Waals surface area contributed by atoms with Crippen molar-refractivity contribution in [3.8, 4) is 0 Å². The van der Waals surface area contributed by atoms with Gasteiger partial charge in [-0.1, -0.05) is 19.9 Å². The first kappa shape index (κ1) is 13.7. The van der Waals surface area contributed by atoms with Crippen LogP contribution in [0, 0.1) is 0 Å². The number of nitrogens with one attached hydrogen (secondary N) is 1. The van der Waals surface area contributed by atoms with Crippen molar-refractivity contribution in [1.82, 2.24) is 10.3 Å². The van der Waals surface area contributed by atoms with Gasteiger partial charge in [0.25, 0.3) is 5.91 Å². The summed E-state index contributed by atoms with van der Waals surface area (Å²) in [5.74, 6) is 0.410. The van der Waals surface area contributed by atoms with Crippen LogP contribution in [-0.4, -0.2) is 17.4 Å². The Balaban J connectivity index is 1.89. The second-order valence-electron chi connectivity index (χ2n) is 4.73. The standard InChI is InChI=1S/C15H18N2OS/c1-11(2)13-6-9-19-14(13)15(18)17-8-5-12-4-3-7-16-10-12/h3-4,6-7,9-11H,5,8H2,1-2H3,(H,17,18). The molecule has 0 saturated heterocycles. The van der Waals surface area contributed by atoms with E-state index < -0.39 is 0 Å². The number of thiophene rings is 1. The van der Waals surface area contributed by atoms with Crippen LogP contribution < -0.4 is 5.32 Å². The fraction of sp³-hybridized carbons (Fsp3) is 0.333. The van der Waals surface area contributed by atoms with Gasteiger partial charge < -0.3 is 5.32 Å². The van der Waals surface area contributed by atoms with Gasteiger partial charge in [-0.25, -0.2) is 0 Å². The van der Waals surface area contributed by atoms with Crippen LogP contribution in [0.3, 0.4) is 0 Å². The molecule has 1 N–H and O–H groups in total. The number of hydrogen-bond donors (Lipinski definition) is 1. The lowest BCUT2D eigenvalue weighted by Crippen LogP contribution is -2.25. The number of carbonyl (C=O) groups is 1. The van der Waals surface area contributed by atoms with Crippen molar-refractivity contribution in [2.24, 2.45) is 0 Å². The maximum atomic E-state index is 12.1. The molecule has 0 bridgehead atoms. The molecule has 0 aliphatic carbocycles. The van der Waals surface area contributed by atoms with Crippen LogP contribution in [-0.2, 0) is 6.42 Å². The van der Waals surface area contributed by atoms with Crippen LogP contribution in [0.1, 0.15) is 40.6 Å². The summed E-state index contributed by atoms with van der Waals surface area (Å²) in [6, 6.07) is 5.96. The highest BCUT2D eigenvalue weighted by Gasteiger charge is 2.14. The van der Waals surface area contributed by atoms with E-state index in [-0.39, 0.29) is 5.91 Å². The molecule has 0 aromatic carbocycles. The molecule has 3 nitrogen and oxygen atoms in total. The van der Waals surface area contributed by atoms with Gasteiger partial charge in [-0.05, 0) is 41.0 Å². The predicted octanol–water partition coefficient (Wildman–Crippen LogP) is 3.24. The Morgan fingerprint density at radius 2 is 2.26 bits per heavy atom. The van der Waals surface area contributed by atoms with Gasteiger partial charge in [0.2, 0.25) is 0 Å². The number of carbonyl (C=O) groups excluding carboxylic acids is 1. The summed E-state index contributed by atoms with van der Waals surface area (Å²) >= 11 is 1.51. The van der Waals surface area contributed by atoms with E-state index in [1.54, 1.807) is 6.20 Å². The normalized spacial score (nSPS) is 10.7. The van der Waals surface area contributed by atoms with Crippen LogP contribution in [0.15, 0.2) is 36.0 Å². The van der Waals surface area contributed by atoms with Crippen LogP contribution in [0.5, 0.6) is 0 Å². The van der Waals surface area contributed by atoms with E-state index in [1.807, 2.05) is 29.8 Å². The predicted molar refractivity (Wildman–Crippen MR) is 78.7 cm³/mol. The molecule has 0 radical (unpaired) electrons. The summed E-state index contributed by atoms with van der Waals surface area (Å²) in [5, 5.41) is 4.95. The summed E-state index contributed by atoms with van der Waals surface area (Å²) in [6.07, 6.45) is 4.39. The van der Waals surface area contributed by atoms with Crippen molar-refractivity contribution in [1.29, 1.82) is 0 Å². The van der Waals surface area contributed by atoms with E-state index in [0.717, 1.165) is 22.4 Å². The summed E-state index contributed by atoms with van der Waals surface area (Å²) in [5.41, 5.74) is 2.27. The molecule has 2 rings (SSSR count). The molecule has 0 aliphatic rings. The molecule has 0 fully saturated rings. The average molecular weight is 274 g/mol. The van der Waals surface area contributed by atoms with E-state index >= 15 is 0 Å². The summed E-state index contributed by atoms with van der Waals surface area (Å²) in [4.78, 5) is 17.0. The molecule has 0 unspecified atom stereocenters. The summed E-state index contributed by atoms with van der Waals surface area (Å²) < 4.78 is 0. The molecular weight excluding hydrogens is 256 g/mol. The second-order valence-corrected chi connectivity index (χ2v) is 5.64. The highest BCUT2D eigenvalue weighted by atomic mass is 32.1. The molecule has 2 aromatic rings. The van der Waals surface area contributed by atoms with E-state index in [4.69, 9.17) is 0 Å². The number of pyridine rings is 1. The SMILES string of the molecule is CC(C)c1ccsc1C(=O)NCCc1cccnc1. The quantitative estimate of drug-likeness (QED) is 0.909. The number of amides is 1. The molecule has 0 aliphatic heterocycles. The smallest absolute Gasteiger partial charge is 0.261 e. The third-order valence-electron chi connectivity index (χ3n) is 2.95. The van der Waals surface area contributed by atoms with Gasteiger partial charge >= 0.3 is 0 Å². The zero-order chi connectivity index (χ0) is 13.7. The first-order valence-corrected chi connectivity index (χ1v) is 7.31. The van der Waals surface area contributed by atoms with Crippen molar-refractivity contribution in [3.05, 3.63) is 52.0 Å². The molecule has 1 amide bonds. The van der Waals surface area contributed by atoms with Gasteiger partial charge in [0.05, 0.1) is 4.88 Å². The van der Waals surface area contributed by atoms with Crippen molar-refractivity contribution in [2.45, 2.75) is 26.2 Å². The van der Waals surface area contributed by atoms with Crippen LogP contribution >= 0.6 is 11.3 Å². The second kappa shape index (κ2) is 6.48. The van der Waals surface area contributed by atoms with Gasteiger partial charge in [-0.2, -0.15) is 0 Å². The zero-order valence-corrected chi connectivity index (χ0v) is 12.0. The number of rotatable bonds is 5. The fourth-order valence-electron chi connectivity index (χ4n) is 1.91. The molecule has 0 atom stereocenters. The maximum Gasteiger partial charge on any atom is 0.261 e. The molecule has 4 heteroatoms. The van der Waals surface area contributed by atoms with E-state index in [1.165, 1.54) is 11.3 Å². The summed E-state index contributed by atoms with van der Waals surface area (Å²) in [7, 11) is 0. The Hall–Kier alpha value is -1.68. The third-order valence-corrected chi connectivity index (χ3v) is 3.87. The molecule has 100 valence electrons. The van der Waals surface area contributed by atoms with Crippen molar-refractivity contribution in [3.63, 3.8) is 0 Å². The highest BCUT2D eigenvalue weighted by molar-refractivity contribution is 7.12. The van der Waals surface area contributed by atoms with Gasteiger partial charge in [-0.15, -0.1) is 11.3 Å². The minimum atomic E-state index is 0.0302. The topological polar surface area (TPSA) is 42.0 Å². The molecule has 2 aromatic heterocycles. The first-order chi connectivity index (χ1) is 9.18. The van der Waals surface area contributed by atoms with Crippen LogP contribution in [0.25, 0.3) is 0 Å². The van der Waals surface area contributed by atoms with Crippen molar-refractivity contribution in [2.75, 3.05) is 6.54 Å². The Kier molecular flexibility index (Phi) is 4.68. The lowest BCUT2D eigenvalue weighted by atomic mass is 10.0. The van der Waals surface area contributed by atoms with Gasteiger partial charge in [-0.3, -0.25) is 9.78 Å². The lowest BCUT2D eigenvalue weighted by Gasteiger charge is -2.08. The van der Waals surface area contributed by atoms with Gasteiger partial charge in [0.15, 0.2) is 0 Å². The lowest BCUT2D eigenvalue weighted by molar-refractivity contribution is 0.0957. The molecule has 19 heavy (non-hydrogen) atoms. The monoisotopic (exact) mass is 274 g/mol. The Bertz CT molecular complexity index is 534. The largest absolute Gasteiger partial charge is 0.351 e. The number of nitrogens with zero attached hydrogens (tertiary/aromatic N) is 1. The van der Waals surface area contributed by atoms with E-state index in [0.29, 0.717) is 12.5 Å². The summed E-state index contributed by atoms with van der Waals surface area (Å²) in [6.45, 7) is 4.85. The van der Waals surface area contributed by atoms with Crippen molar-refractivity contribution < 1.29 is 4.79 Å². The zero-order valence-electron chi connectivity index (χ0n) is 11.2. The van der Waals surface area contributed by atoms with E-state index in [2.05, 4.69) is 24.1 Å². The number of aromatic nitrogens is 1. The van der Waals surface area contributed by atoms with Crippen LogP contribution in [0.4, 0.5) is 0 Å². The molecule has 0 spiro atoms. The molecule has 0 saturated carbocycles. The minimum absolute atomic E-state index is 0.0302. The molecular formula is C15H18N2OS. The third kappa shape index (κ3) is 3.64. The van der Waals surface area contributed by atoms with Gasteiger partial charge in [0, 0.05) is 18.9 Å². The Morgan fingerprint density at radius 3 is 2.95 bits per heavy atom. The minimum Gasteiger partial charge on any atom is -0.351 e. The Labute approximate surface area is 117 Å². The molecule has 2 heterocycles. The average Bonchev–Trinajstić information content (AvgIpc) is 2.89. The Morgan fingerprint density at radius 1 is 1.42 bits per heavy atom. The van der Waals surface area contributed by atoms with Gasteiger partial charge in [0.1, 0.15) is 0 Å².